The molecule has 0 amide bonds. The van der Waals surface area contributed by atoms with E-state index in [-0.39, 0.29) is 0 Å². The van der Waals surface area contributed by atoms with E-state index in [1.165, 1.54) is 51.9 Å². The normalized spacial score (nSPS) is 26.8. The highest BCUT2D eigenvalue weighted by molar-refractivity contribution is 4.82. The van der Waals surface area contributed by atoms with E-state index in [2.05, 4.69) is 49.9 Å². The van der Waals surface area contributed by atoms with Crippen molar-refractivity contribution in [3.8, 4) is 0 Å². The standard InChI is InChI=1S/C16H35N3/c1-6-19(7-2)11-8-9-14(3)17-16-10-12-18(5)15(4)13-16/h14-17H,6-13H2,1-5H3. The van der Waals surface area contributed by atoms with Crippen molar-refractivity contribution >= 4 is 0 Å². The second-order valence-corrected chi connectivity index (χ2v) is 6.29. The molecular formula is C16H35N3. The molecule has 1 aliphatic heterocycles. The maximum absolute atomic E-state index is 3.83. The van der Waals surface area contributed by atoms with Crippen LogP contribution in [0.4, 0.5) is 0 Å². The summed E-state index contributed by atoms with van der Waals surface area (Å²) in [7, 11) is 2.24. The molecule has 0 radical (unpaired) electrons. The zero-order valence-corrected chi connectivity index (χ0v) is 13.8. The molecule has 0 aliphatic carbocycles. The third kappa shape index (κ3) is 6.24. The number of rotatable bonds is 8. The van der Waals surface area contributed by atoms with Gasteiger partial charge < -0.3 is 15.1 Å². The summed E-state index contributed by atoms with van der Waals surface area (Å²) in [4.78, 5) is 4.99. The van der Waals surface area contributed by atoms with Crippen LogP contribution >= 0.6 is 0 Å². The Morgan fingerprint density at radius 2 is 2.00 bits per heavy atom. The lowest BCUT2D eigenvalue weighted by molar-refractivity contribution is 0.161. The van der Waals surface area contributed by atoms with Gasteiger partial charge in [0.05, 0.1) is 0 Å². The minimum atomic E-state index is 0.663. The average Bonchev–Trinajstić information content (AvgIpc) is 2.39. The molecule has 1 rings (SSSR count). The fraction of sp³-hybridized carbons (Fsp3) is 1.00. The van der Waals surface area contributed by atoms with Crippen molar-refractivity contribution in [2.24, 2.45) is 0 Å². The number of likely N-dealkylation sites (tertiary alicyclic amines) is 1. The molecule has 0 aromatic rings. The Morgan fingerprint density at radius 3 is 2.58 bits per heavy atom. The topological polar surface area (TPSA) is 18.5 Å². The molecular weight excluding hydrogens is 234 g/mol. The van der Waals surface area contributed by atoms with E-state index in [0.717, 1.165) is 12.1 Å². The van der Waals surface area contributed by atoms with Crippen molar-refractivity contribution in [1.82, 2.24) is 15.1 Å². The maximum atomic E-state index is 3.83. The summed E-state index contributed by atoms with van der Waals surface area (Å²) < 4.78 is 0. The van der Waals surface area contributed by atoms with Gasteiger partial charge >= 0.3 is 0 Å². The van der Waals surface area contributed by atoms with E-state index in [9.17, 15) is 0 Å². The minimum absolute atomic E-state index is 0.663. The first-order chi connectivity index (χ1) is 9.06. The van der Waals surface area contributed by atoms with Gasteiger partial charge in [-0.15, -0.1) is 0 Å². The fourth-order valence-electron chi connectivity index (χ4n) is 3.09. The van der Waals surface area contributed by atoms with E-state index in [1.807, 2.05) is 0 Å². The molecule has 0 bridgehead atoms. The first kappa shape index (κ1) is 16.9. The Labute approximate surface area is 120 Å². The Bertz CT molecular complexity index is 228. The van der Waals surface area contributed by atoms with Gasteiger partial charge in [0.1, 0.15) is 0 Å². The first-order valence-electron chi connectivity index (χ1n) is 8.25. The first-order valence-corrected chi connectivity index (χ1v) is 8.25. The molecule has 1 fully saturated rings. The number of hydrogen-bond donors (Lipinski definition) is 1. The third-order valence-corrected chi connectivity index (χ3v) is 4.73. The molecule has 1 aliphatic rings. The average molecular weight is 269 g/mol. The van der Waals surface area contributed by atoms with E-state index in [4.69, 9.17) is 0 Å². The lowest BCUT2D eigenvalue weighted by Gasteiger charge is -2.36. The second kappa shape index (κ2) is 8.93. The number of hydrogen-bond acceptors (Lipinski definition) is 3. The molecule has 0 spiro atoms. The van der Waals surface area contributed by atoms with Crippen molar-refractivity contribution in [3.63, 3.8) is 0 Å². The predicted octanol–water partition coefficient (Wildman–Crippen LogP) is 2.57. The van der Waals surface area contributed by atoms with Crippen molar-refractivity contribution in [2.45, 2.75) is 71.5 Å². The summed E-state index contributed by atoms with van der Waals surface area (Å²) in [6.07, 6.45) is 5.23. The van der Waals surface area contributed by atoms with Crippen LogP contribution < -0.4 is 5.32 Å². The zero-order chi connectivity index (χ0) is 14.3. The van der Waals surface area contributed by atoms with Crippen molar-refractivity contribution < 1.29 is 0 Å². The largest absolute Gasteiger partial charge is 0.311 e. The van der Waals surface area contributed by atoms with Crippen LogP contribution in [0.1, 0.15) is 53.4 Å². The van der Waals surface area contributed by atoms with Gasteiger partial charge in [0.2, 0.25) is 0 Å². The maximum Gasteiger partial charge on any atom is 0.00964 e. The highest BCUT2D eigenvalue weighted by atomic mass is 15.1. The van der Waals surface area contributed by atoms with Crippen LogP contribution in [0.2, 0.25) is 0 Å². The predicted molar refractivity (Wildman–Crippen MR) is 84.7 cm³/mol. The van der Waals surface area contributed by atoms with Gasteiger partial charge in [0.25, 0.3) is 0 Å². The molecule has 0 saturated carbocycles. The molecule has 0 aromatic heterocycles. The molecule has 3 atom stereocenters. The molecule has 1 saturated heterocycles. The van der Waals surface area contributed by atoms with Crippen molar-refractivity contribution in [1.29, 1.82) is 0 Å². The molecule has 19 heavy (non-hydrogen) atoms. The van der Waals surface area contributed by atoms with Gasteiger partial charge in [0, 0.05) is 18.1 Å². The Morgan fingerprint density at radius 1 is 1.32 bits per heavy atom. The minimum Gasteiger partial charge on any atom is -0.311 e. The molecule has 3 heteroatoms. The second-order valence-electron chi connectivity index (χ2n) is 6.29. The molecule has 1 N–H and O–H groups in total. The summed E-state index contributed by atoms with van der Waals surface area (Å²) in [5.74, 6) is 0. The lowest BCUT2D eigenvalue weighted by atomic mass is 9.97. The summed E-state index contributed by atoms with van der Waals surface area (Å²) in [6, 6.07) is 2.12. The van der Waals surface area contributed by atoms with E-state index in [1.54, 1.807) is 0 Å². The number of nitrogens with zero attached hydrogens (tertiary/aromatic N) is 2. The quantitative estimate of drug-likeness (QED) is 0.730. The molecule has 0 aromatic carbocycles. The number of piperidine rings is 1. The Balaban J connectivity index is 2.15. The van der Waals surface area contributed by atoms with Crippen LogP contribution in [0.3, 0.4) is 0 Å². The van der Waals surface area contributed by atoms with E-state index >= 15 is 0 Å². The van der Waals surface area contributed by atoms with Gasteiger partial charge in [-0.25, -0.2) is 0 Å². The van der Waals surface area contributed by atoms with Crippen molar-refractivity contribution in [2.75, 3.05) is 33.2 Å². The van der Waals surface area contributed by atoms with Crippen LogP contribution in [-0.2, 0) is 0 Å². The summed E-state index contributed by atoms with van der Waals surface area (Å²) in [5.41, 5.74) is 0. The van der Waals surface area contributed by atoms with E-state index < -0.39 is 0 Å². The Kier molecular flexibility index (Phi) is 7.96. The summed E-state index contributed by atoms with van der Waals surface area (Å²) in [6.45, 7) is 14.1. The monoisotopic (exact) mass is 269 g/mol. The van der Waals surface area contributed by atoms with Gasteiger partial charge in [-0.3, -0.25) is 0 Å². The molecule has 3 unspecified atom stereocenters. The van der Waals surface area contributed by atoms with Crippen molar-refractivity contribution in [3.05, 3.63) is 0 Å². The highest BCUT2D eigenvalue weighted by Gasteiger charge is 2.23. The van der Waals surface area contributed by atoms with Gasteiger partial charge in [-0.1, -0.05) is 13.8 Å². The fourth-order valence-corrected chi connectivity index (χ4v) is 3.09. The third-order valence-electron chi connectivity index (χ3n) is 4.73. The van der Waals surface area contributed by atoms with E-state index in [0.29, 0.717) is 6.04 Å². The highest BCUT2D eigenvalue weighted by Crippen LogP contribution is 2.16. The molecule has 3 nitrogen and oxygen atoms in total. The molecule has 1 heterocycles. The summed E-state index contributed by atoms with van der Waals surface area (Å²) >= 11 is 0. The van der Waals surface area contributed by atoms with Crippen LogP contribution in [-0.4, -0.2) is 61.2 Å². The van der Waals surface area contributed by atoms with Crippen LogP contribution in [0.15, 0.2) is 0 Å². The number of nitrogens with one attached hydrogen (secondary N) is 1. The van der Waals surface area contributed by atoms with Crippen LogP contribution in [0.5, 0.6) is 0 Å². The van der Waals surface area contributed by atoms with Gasteiger partial charge in [-0.2, -0.15) is 0 Å². The lowest BCUT2D eigenvalue weighted by Crippen LogP contribution is -2.48. The van der Waals surface area contributed by atoms with Gasteiger partial charge in [-0.05, 0) is 72.8 Å². The van der Waals surface area contributed by atoms with Crippen LogP contribution in [0.25, 0.3) is 0 Å². The van der Waals surface area contributed by atoms with Gasteiger partial charge in [0.15, 0.2) is 0 Å². The zero-order valence-electron chi connectivity index (χ0n) is 13.8. The van der Waals surface area contributed by atoms with Crippen LogP contribution in [0, 0.1) is 0 Å². The summed E-state index contributed by atoms with van der Waals surface area (Å²) in [5, 5.41) is 3.83. The smallest absolute Gasteiger partial charge is 0.00964 e. The molecule has 114 valence electrons. The Hall–Kier alpha value is -0.120. The SMILES string of the molecule is CCN(CC)CCCC(C)NC1CCN(C)C(C)C1.